The second kappa shape index (κ2) is 6.52. The molecule has 0 fully saturated rings. The van der Waals surface area contributed by atoms with E-state index in [1.54, 1.807) is 7.11 Å². The number of methoxy groups -OCH3 is 1. The highest BCUT2D eigenvalue weighted by Gasteiger charge is 2.16. The molecule has 0 aliphatic rings. The van der Waals surface area contributed by atoms with Crippen molar-refractivity contribution in [2.75, 3.05) is 19.0 Å². The van der Waals surface area contributed by atoms with Crippen LogP contribution in [0.2, 0.25) is 0 Å². The van der Waals surface area contributed by atoms with Gasteiger partial charge in [0, 0.05) is 18.4 Å². The number of ether oxygens (including phenoxy) is 1. The van der Waals surface area contributed by atoms with Crippen molar-refractivity contribution in [3.63, 3.8) is 0 Å². The van der Waals surface area contributed by atoms with Crippen molar-refractivity contribution in [3.05, 3.63) is 30.1 Å². The van der Waals surface area contributed by atoms with Gasteiger partial charge in [-0.1, -0.05) is 26.0 Å². The fourth-order valence-electron chi connectivity index (χ4n) is 2.05. The van der Waals surface area contributed by atoms with E-state index < -0.39 is 0 Å². The van der Waals surface area contributed by atoms with Gasteiger partial charge in [-0.3, -0.25) is 5.10 Å². The van der Waals surface area contributed by atoms with Gasteiger partial charge in [-0.2, -0.15) is 5.10 Å². The van der Waals surface area contributed by atoms with Crippen molar-refractivity contribution >= 4 is 5.69 Å². The molecule has 0 aliphatic heterocycles. The Morgan fingerprint density at radius 3 is 2.65 bits per heavy atom. The third-order valence-electron chi connectivity index (χ3n) is 3.26. The Balaban J connectivity index is 2.28. The molecule has 0 spiro atoms. The zero-order chi connectivity index (χ0) is 14.5. The lowest BCUT2D eigenvalue weighted by molar-refractivity contribution is 0.171. The third-order valence-corrected chi connectivity index (χ3v) is 3.26. The number of anilines is 1. The van der Waals surface area contributed by atoms with Gasteiger partial charge in [0.15, 0.2) is 5.82 Å². The van der Waals surface area contributed by atoms with Crippen LogP contribution in [0.25, 0.3) is 11.4 Å². The van der Waals surface area contributed by atoms with Gasteiger partial charge in [-0.15, -0.1) is 0 Å². The summed E-state index contributed by atoms with van der Waals surface area (Å²) in [5.74, 6) is 1.99. The summed E-state index contributed by atoms with van der Waals surface area (Å²) in [7, 11) is 1.72. The maximum atomic E-state index is 5.29. The van der Waals surface area contributed by atoms with E-state index in [1.807, 2.05) is 31.2 Å². The van der Waals surface area contributed by atoms with E-state index in [0.29, 0.717) is 18.3 Å². The Bertz CT molecular complexity index is 550. The number of para-hydroxylation sites is 1. The summed E-state index contributed by atoms with van der Waals surface area (Å²) in [6.45, 7) is 6.92. The van der Waals surface area contributed by atoms with Gasteiger partial charge in [0.05, 0.1) is 12.6 Å². The van der Waals surface area contributed by atoms with E-state index in [2.05, 4.69) is 34.3 Å². The first-order chi connectivity index (χ1) is 9.61. The number of nitrogens with one attached hydrogen (secondary N) is 2. The Hall–Kier alpha value is -1.88. The lowest BCUT2D eigenvalue weighted by Gasteiger charge is -2.23. The average Bonchev–Trinajstić information content (AvgIpc) is 2.85. The van der Waals surface area contributed by atoms with Crippen molar-refractivity contribution < 1.29 is 4.74 Å². The first-order valence-electron chi connectivity index (χ1n) is 6.85. The van der Waals surface area contributed by atoms with Crippen LogP contribution in [0.3, 0.4) is 0 Å². The predicted octanol–water partition coefficient (Wildman–Crippen LogP) is 2.86. The summed E-state index contributed by atoms with van der Waals surface area (Å²) < 4.78 is 5.29. The molecule has 0 saturated heterocycles. The van der Waals surface area contributed by atoms with Gasteiger partial charge in [-0.25, -0.2) is 4.98 Å². The Kier molecular flexibility index (Phi) is 4.74. The van der Waals surface area contributed by atoms with Crippen molar-refractivity contribution in [1.29, 1.82) is 0 Å². The largest absolute Gasteiger partial charge is 0.383 e. The van der Waals surface area contributed by atoms with Crippen molar-refractivity contribution in [3.8, 4) is 11.4 Å². The Morgan fingerprint density at radius 2 is 2.05 bits per heavy atom. The van der Waals surface area contributed by atoms with Crippen LogP contribution in [0.5, 0.6) is 0 Å². The number of aromatic amines is 1. The standard InChI is InChI=1S/C15H22N4O/c1-10(2)14(9-20-4)17-13-8-6-5-7-12(13)15-16-11(3)18-19-15/h5-8,10,14,17H,9H2,1-4H3,(H,16,18,19). The van der Waals surface area contributed by atoms with Crippen molar-refractivity contribution in [2.45, 2.75) is 26.8 Å². The lowest BCUT2D eigenvalue weighted by atomic mass is 10.0. The minimum Gasteiger partial charge on any atom is -0.383 e. The van der Waals surface area contributed by atoms with Gasteiger partial charge in [0.25, 0.3) is 0 Å². The smallest absolute Gasteiger partial charge is 0.183 e. The van der Waals surface area contributed by atoms with Gasteiger partial charge in [-0.05, 0) is 25.0 Å². The summed E-state index contributed by atoms with van der Waals surface area (Å²) in [5, 5.41) is 10.7. The molecule has 2 N–H and O–H groups in total. The molecule has 1 heterocycles. The molecule has 2 aromatic rings. The molecule has 0 radical (unpaired) electrons. The van der Waals surface area contributed by atoms with Crippen LogP contribution in [0.15, 0.2) is 24.3 Å². The molecule has 20 heavy (non-hydrogen) atoms. The minimum atomic E-state index is 0.251. The number of rotatable bonds is 6. The molecule has 1 atom stereocenters. The van der Waals surface area contributed by atoms with Gasteiger partial charge in [0.1, 0.15) is 5.82 Å². The first kappa shape index (κ1) is 14.5. The van der Waals surface area contributed by atoms with Crippen LogP contribution in [-0.4, -0.2) is 34.9 Å². The number of hydrogen-bond donors (Lipinski definition) is 2. The van der Waals surface area contributed by atoms with Gasteiger partial charge >= 0.3 is 0 Å². The third kappa shape index (κ3) is 3.36. The van der Waals surface area contributed by atoms with E-state index in [0.717, 1.165) is 17.1 Å². The molecule has 0 amide bonds. The zero-order valence-electron chi connectivity index (χ0n) is 12.5. The summed E-state index contributed by atoms with van der Waals surface area (Å²) in [6.07, 6.45) is 0. The summed E-state index contributed by atoms with van der Waals surface area (Å²) >= 11 is 0. The highest BCUT2D eigenvalue weighted by atomic mass is 16.5. The SMILES string of the molecule is COCC(Nc1ccccc1-c1n[nH]c(C)n1)C(C)C. The van der Waals surface area contributed by atoms with E-state index in [-0.39, 0.29) is 6.04 Å². The van der Waals surface area contributed by atoms with Crippen LogP contribution in [-0.2, 0) is 4.74 Å². The van der Waals surface area contributed by atoms with E-state index in [9.17, 15) is 0 Å². The molecule has 2 rings (SSSR count). The highest BCUT2D eigenvalue weighted by Crippen LogP contribution is 2.26. The Labute approximate surface area is 119 Å². The molecule has 0 aliphatic carbocycles. The maximum absolute atomic E-state index is 5.29. The zero-order valence-corrected chi connectivity index (χ0v) is 12.5. The number of hydrogen-bond acceptors (Lipinski definition) is 4. The molecular weight excluding hydrogens is 252 g/mol. The quantitative estimate of drug-likeness (QED) is 0.850. The molecule has 1 aromatic heterocycles. The van der Waals surface area contributed by atoms with Crippen molar-refractivity contribution in [2.24, 2.45) is 5.92 Å². The average molecular weight is 274 g/mol. The van der Waals surface area contributed by atoms with E-state index in [4.69, 9.17) is 4.74 Å². The topological polar surface area (TPSA) is 62.8 Å². The first-order valence-corrected chi connectivity index (χ1v) is 6.85. The summed E-state index contributed by atoms with van der Waals surface area (Å²) in [6, 6.07) is 8.32. The fourth-order valence-corrected chi connectivity index (χ4v) is 2.05. The lowest BCUT2D eigenvalue weighted by Crippen LogP contribution is -2.30. The van der Waals surface area contributed by atoms with Gasteiger partial charge in [0.2, 0.25) is 0 Å². The van der Waals surface area contributed by atoms with Crippen LogP contribution in [0.1, 0.15) is 19.7 Å². The van der Waals surface area contributed by atoms with Crippen LogP contribution in [0, 0.1) is 12.8 Å². The number of aromatic nitrogens is 3. The molecular formula is C15H22N4O. The van der Waals surface area contributed by atoms with E-state index >= 15 is 0 Å². The number of nitrogens with zero attached hydrogens (tertiary/aromatic N) is 2. The van der Waals surface area contributed by atoms with Crippen molar-refractivity contribution in [1.82, 2.24) is 15.2 Å². The molecule has 1 unspecified atom stereocenters. The molecule has 108 valence electrons. The number of aryl methyl sites for hydroxylation is 1. The molecule has 0 bridgehead atoms. The number of H-pyrrole nitrogens is 1. The Morgan fingerprint density at radius 1 is 1.30 bits per heavy atom. The predicted molar refractivity (Wildman–Crippen MR) is 80.7 cm³/mol. The van der Waals surface area contributed by atoms with Crippen LogP contribution in [0.4, 0.5) is 5.69 Å². The molecule has 5 nitrogen and oxygen atoms in total. The normalized spacial score (nSPS) is 12.7. The summed E-state index contributed by atoms with van der Waals surface area (Å²) in [4.78, 5) is 4.40. The number of benzene rings is 1. The maximum Gasteiger partial charge on any atom is 0.183 e. The monoisotopic (exact) mass is 274 g/mol. The van der Waals surface area contributed by atoms with Gasteiger partial charge < -0.3 is 10.1 Å². The second-order valence-corrected chi connectivity index (χ2v) is 5.24. The van der Waals surface area contributed by atoms with Crippen LogP contribution >= 0.6 is 0 Å². The summed E-state index contributed by atoms with van der Waals surface area (Å²) in [5.41, 5.74) is 2.03. The molecule has 0 saturated carbocycles. The highest BCUT2D eigenvalue weighted by molar-refractivity contribution is 5.73. The van der Waals surface area contributed by atoms with Crippen LogP contribution < -0.4 is 5.32 Å². The molecule has 1 aromatic carbocycles. The second-order valence-electron chi connectivity index (χ2n) is 5.24. The molecule has 5 heteroatoms. The minimum absolute atomic E-state index is 0.251. The fraction of sp³-hybridized carbons (Fsp3) is 0.467. The van der Waals surface area contributed by atoms with E-state index in [1.165, 1.54) is 0 Å².